The average Bonchev–Trinajstić information content (AvgIpc) is 3.41. The molecule has 30 heavy (non-hydrogen) atoms. The lowest BCUT2D eigenvalue weighted by Gasteiger charge is -2.30. The number of morpholine rings is 1. The van der Waals surface area contributed by atoms with Crippen LogP contribution in [0, 0.1) is 0 Å². The fourth-order valence-electron chi connectivity index (χ4n) is 4.51. The number of nitrogen functional groups attached to an aromatic ring is 1. The van der Waals surface area contributed by atoms with Crippen molar-refractivity contribution in [1.29, 1.82) is 0 Å². The van der Waals surface area contributed by atoms with E-state index < -0.39 is 0 Å². The Balaban J connectivity index is 1.54. The lowest BCUT2D eigenvalue weighted by Crippen LogP contribution is -2.39. The van der Waals surface area contributed by atoms with Gasteiger partial charge in [-0.1, -0.05) is 0 Å². The minimum atomic E-state index is 0.133. The van der Waals surface area contributed by atoms with Gasteiger partial charge in [0.1, 0.15) is 5.82 Å². The summed E-state index contributed by atoms with van der Waals surface area (Å²) in [5.74, 6) is 2.05. The monoisotopic (exact) mass is 410 g/mol. The molecule has 0 radical (unpaired) electrons. The van der Waals surface area contributed by atoms with E-state index >= 15 is 0 Å². The number of fused-ring (bicyclic) bond motifs is 1. The van der Waals surface area contributed by atoms with E-state index in [1.807, 2.05) is 4.90 Å². The Labute approximate surface area is 175 Å². The van der Waals surface area contributed by atoms with Crippen molar-refractivity contribution in [1.82, 2.24) is 24.8 Å². The summed E-state index contributed by atoms with van der Waals surface area (Å²) in [4.78, 5) is 36.5. The van der Waals surface area contributed by atoms with Crippen LogP contribution in [0.3, 0.4) is 0 Å². The number of hydrogen-bond acceptors (Lipinski definition) is 9. The van der Waals surface area contributed by atoms with Crippen LogP contribution in [-0.4, -0.2) is 82.7 Å². The first kappa shape index (κ1) is 19.0. The van der Waals surface area contributed by atoms with Crippen molar-refractivity contribution in [3.8, 4) is 11.3 Å². The molecule has 0 saturated carbocycles. The Morgan fingerprint density at radius 2 is 1.90 bits per heavy atom. The Morgan fingerprint density at radius 3 is 2.60 bits per heavy atom. The molecule has 2 aromatic rings. The normalized spacial score (nSPS) is 21.2. The molecular weight excluding hydrogens is 384 g/mol. The van der Waals surface area contributed by atoms with Gasteiger partial charge in [0, 0.05) is 69.2 Å². The number of anilines is 3. The number of carbonyl (C=O) groups excluding carboxylic acids is 1. The van der Waals surface area contributed by atoms with Gasteiger partial charge in [-0.15, -0.1) is 0 Å². The van der Waals surface area contributed by atoms with Crippen LogP contribution in [0.1, 0.15) is 18.9 Å². The van der Waals surface area contributed by atoms with E-state index in [-0.39, 0.29) is 17.9 Å². The van der Waals surface area contributed by atoms with Crippen molar-refractivity contribution >= 4 is 23.6 Å². The Hall–Kier alpha value is -3.01. The number of likely N-dealkylation sites (tertiary alicyclic amines) is 1. The average molecular weight is 410 g/mol. The third-order valence-electron chi connectivity index (χ3n) is 6.14. The lowest BCUT2D eigenvalue weighted by molar-refractivity contribution is -0.127. The second kappa shape index (κ2) is 7.67. The van der Waals surface area contributed by atoms with E-state index in [9.17, 15) is 4.79 Å². The minimum absolute atomic E-state index is 0.133. The van der Waals surface area contributed by atoms with E-state index in [0.29, 0.717) is 19.2 Å². The molecule has 0 spiro atoms. The molecule has 2 aromatic heterocycles. The van der Waals surface area contributed by atoms with E-state index in [1.165, 1.54) is 0 Å². The smallest absolute Gasteiger partial charge is 0.228 e. The molecule has 0 bridgehead atoms. The standard InChI is InChI=1S/C20H26N8O2/c1-13(29)27-4-2-15(12-27)28-5-3-16-17(14-10-22-19(21)23-11-14)24-20(25-18(16)28)26-6-8-30-9-7-26/h10-11,15H,2-9,12H2,1H3,(H2,21,22,23)/t15-/m1/s1. The topological polar surface area (TPSA) is 114 Å². The molecule has 3 aliphatic heterocycles. The maximum absolute atomic E-state index is 11.8. The first-order chi connectivity index (χ1) is 14.6. The summed E-state index contributed by atoms with van der Waals surface area (Å²) >= 11 is 0. The summed E-state index contributed by atoms with van der Waals surface area (Å²) in [6.45, 7) is 6.91. The molecule has 10 nitrogen and oxygen atoms in total. The Bertz CT molecular complexity index is 945. The van der Waals surface area contributed by atoms with E-state index in [0.717, 1.165) is 68.2 Å². The number of aromatic nitrogens is 4. The van der Waals surface area contributed by atoms with Crippen molar-refractivity contribution in [2.45, 2.75) is 25.8 Å². The van der Waals surface area contributed by atoms with Crippen LogP contribution in [0.25, 0.3) is 11.3 Å². The van der Waals surface area contributed by atoms with Crippen molar-refractivity contribution in [2.75, 3.05) is 61.5 Å². The van der Waals surface area contributed by atoms with E-state index in [4.69, 9.17) is 20.4 Å². The van der Waals surface area contributed by atoms with Crippen LogP contribution in [0.5, 0.6) is 0 Å². The van der Waals surface area contributed by atoms with Gasteiger partial charge in [0.25, 0.3) is 0 Å². The van der Waals surface area contributed by atoms with Gasteiger partial charge in [-0.25, -0.2) is 15.0 Å². The second-order valence-electron chi connectivity index (χ2n) is 7.95. The van der Waals surface area contributed by atoms with Gasteiger partial charge in [0.15, 0.2) is 0 Å². The zero-order valence-corrected chi connectivity index (χ0v) is 17.1. The van der Waals surface area contributed by atoms with E-state index in [1.54, 1.807) is 19.3 Å². The van der Waals surface area contributed by atoms with Crippen molar-refractivity contribution in [3.05, 3.63) is 18.0 Å². The van der Waals surface area contributed by atoms with Gasteiger partial charge < -0.3 is 25.2 Å². The highest BCUT2D eigenvalue weighted by Gasteiger charge is 2.36. The van der Waals surface area contributed by atoms with Gasteiger partial charge in [-0.05, 0) is 12.8 Å². The highest BCUT2D eigenvalue weighted by atomic mass is 16.5. The van der Waals surface area contributed by atoms with Crippen LogP contribution in [0.4, 0.5) is 17.7 Å². The fraction of sp³-hybridized carbons (Fsp3) is 0.550. The number of rotatable bonds is 3. The molecule has 5 rings (SSSR count). The maximum Gasteiger partial charge on any atom is 0.228 e. The fourth-order valence-corrected chi connectivity index (χ4v) is 4.51. The number of nitrogens with zero attached hydrogens (tertiary/aromatic N) is 7. The summed E-state index contributed by atoms with van der Waals surface area (Å²) in [5.41, 5.74) is 8.51. The first-order valence-electron chi connectivity index (χ1n) is 10.4. The van der Waals surface area contributed by atoms with Crippen LogP contribution >= 0.6 is 0 Å². The lowest BCUT2D eigenvalue weighted by atomic mass is 10.1. The molecule has 2 saturated heterocycles. The summed E-state index contributed by atoms with van der Waals surface area (Å²) in [7, 11) is 0. The quantitative estimate of drug-likeness (QED) is 0.765. The number of ether oxygens (including phenoxy) is 1. The SMILES string of the molecule is CC(=O)N1CC[C@@H](N2CCc3c(-c4cnc(N)nc4)nc(N4CCOCC4)nc32)C1. The molecule has 5 heterocycles. The van der Waals surface area contributed by atoms with Crippen molar-refractivity contribution in [2.24, 2.45) is 0 Å². The van der Waals surface area contributed by atoms with Gasteiger partial charge >= 0.3 is 0 Å². The number of amides is 1. The largest absolute Gasteiger partial charge is 0.378 e. The molecule has 1 atom stereocenters. The highest BCUT2D eigenvalue weighted by molar-refractivity contribution is 5.75. The molecule has 0 aromatic carbocycles. The van der Waals surface area contributed by atoms with Crippen molar-refractivity contribution in [3.63, 3.8) is 0 Å². The molecule has 158 valence electrons. The van der Waals surface area contributed by atoms with Gasteiger partial charge in [0.05, 0.1) is 18.9 Å². The molecule has 1 amide bonds. The van der Waals surface area contributed by atoms with Crippen LogP contribution in [-0.2, 0) is 16.0 Å². The van der Waals surface area contributed by atoms with Gasteiger partial charge in [-0.2, -0.15) is 4.98 Å². The molecule has 3 aliphatic rings. The second-order valence-corrected chi connectivity index (χ2v) is 7.95. The predicted octanol–water partition coefficient (Wildman–Crippen LogP) is 0.336. The van der Waals surface area contributed by atoms with Crippen LogP contribution in [0.2, 0.25) is 0 Å². The van der Waals surface area contributed by atoms with Crippen LogP contribution < -0.4 is 15.5 Å². The summed E-state index contributed by atoms with van der Waals surface area (Å²) in [5, 5.41) is 0. The molecular formula is C20H26N8O2. The zero-order valence-electron chi connectivity index (χ0n) is 17.1. The molecule has 10 heteroatoms. The predicted molar refractivity (Wildman–Crippen MR) is 112 cm³/mol. The minimum Gasteiger partial charge on any atom is -0.378 e. The molecule has 2 fully saturated rings. The summed E-state index contributed by atoms with van der Waals surface area (Å²) in [6.07, 6.45) is 5.26. The zero-order chi connectivity index (χ0) is 20.7. The summed E-state index contributed by atoms with van der Waals surface area (Å²) in [6, 6.07) is 0.276. The van der Waals surface area contributed by atoms with E-state index in [2.05, 4.69) is 19.8 Å². The Kier molecular flexibility index (Phi) is 4.86. The first-order valence-corrected chi connectivity index (χ1v) is 10.4. The highest BCUT2D eigenvalue weighted by Crippen LogP contribution is 2.37. The number of hydrogen-bond donors (Lipinski definition) is 1. The maximum atomic E-state index is 11.8. The molecule has 0 aliphatic carbocycles. The molecule has 2 N–H and O–H groups in total. The number of nitrogens with two attached hydrogens (primary N) is 1. The van der Waals surface area contributed by atoms with Gasteiger partial charge in [-0.3, -0.25) is 4.79 Å². The molecule has 0 unspecified atom stereocenters. The number of carbonyl (C=O) groups is 1. The third kappa shape index (κ3) is 3.41. The third-order valence-corrected chi connectivity index (χ3v) is 6.14. The van der Waals surface area contributed by atoms with Gasteiger partial charge in [0.2, 0.25) is 17.8 Å². The van der Waals surface area contributed by atoms with Crippen molar-refractivity contribution < 1.29 is 9.53 Å². The summed E-state index contributed by atoms with van der Waals surface area (Å²) < 4.78 is 5.50. The Morgan fingerprint density at radius 1 is 1.13 bits per heavy atom. The van der Waals surface area contributed by atoms with Crippen LogP contribution in [0.15, 0.2) is 12.4 Å².